The second-order valence-corrected chi connectivity index (χ2v) is 6.76. The Morgan fingerprint density at radius 1 is 1.30 bits per heavy atom. The second-order valence-electron chi connectivity index (χ2n) is 6.76. The molecule has 1 aliphatic heterocycles. The van der Waals surface area contributed by atoms with Crippen LogP contribution in [-0.4, -0.2) is 51.8 Å². The predicted octanol–water partition coefficient (Wildman–Crippen LogP) is 2.69. The van der Waals surface area contributed by atoms with Crippen LogP contribution in [0.1, 0.15) is 36.0 Å². The van der Waals surface area contributed by atoms with Crippen LogP contribution in [0.2, 0.25) is 0 Å². The van der Waals surface area contributed by atoms with E-state index in [0.29, 0.717) is 30.4 Å². The number of hydrogen-bond donors (Lipinski definition) is 0. The minimum absolute atomic E-state index is 0.269. The zero-order valence-electron chi connectivity index (χ0n) is 15.4. The number of rotatable bonds is 7. The molecule has 4 rings (SSSR count). The summed E-state index contributed by atoms with van der Waals surface area (Å²) in [6, 6.07) is 3.69. The Labute approximate surface area is 157 Å². The summed E-state index contributed by atoms with van der Waals surface area (Å²) in [7, 11) is 1.67. The van der Waals surface area contributed by atoms with E-state index in [0.717, 1.165) is 43.9 Å². The Morgan fingerprint density at radius 2 is 2.19 bits per heavy atom. The van der Waals surface area contributed by atoms with Crippen LogP contribution in [0.15, 0.2) is 39.7 Å². The molecule has 0 spiro atoms. The van der Waals surface area contributed by atoms with Crippen LogP contribution in [0.4, 0.5) is 0 Å². The maximum Gasteiger partial charge on any atom is 0.231 e. The molecular weight excluding hydrogens is 346 g/mol. The number of nitrogens with zero attached hydrogens (tertiary/aromatic N) is 5. The first-order valence-corrected chi connectivity index (χ1v) is 9.20. The van der Waals surface area contributed by atoms with E-state index in [4.69, 9.17) is 13.7 Å². The van der Waals surface area contributed by atoms with Gasteiger partial charge in [-0.3, -0.25) is 4.90 Å². The molecule has 1 aliphatic rings. The third-order valence-electron chi connectivity index (χ3n) is 4.72. The van der Waals surface area contributed by atoms with Crippen LogP contribution in [0.3, 0.4) is 0 Å². The van der Waals surface area contributed by atoms with Crippen molar-refractivity contribution in [3.05, 3.63) is 48.1 Å². The topological polar surface area (TPSA) is 90.3 Å². The van der Waals surface area contributed by atoms with Gasteiger partial charge in [0, 0.05) is 44.6 Å². The Morgan fingerprint density at radius 3 is 2.96 bits per heavy atom. The molecule has 142 valence electrons. The highest BCUT2D eigenvalue weighted by Gasteiger charge is 2.26. The highest BCUT2D eigenvalue weighted by atomic mass is 16.5. The van der Waals surface area contributed by atoms with E-state index in [1.165, 1.54) is 0 Å². The molecule has 1 unspecified atom stereocenters. The monoisotopic (exact) mass is 369 g/mol. The van der Waals surface area contributed by atoms with Crippen molar-refractivity contribution in [1.82, 2.24) is 25.0 Å². The van der Waals surface area contributed by atoms with Crippen molar-refractivity contribution >= 4 is 0 Å². The van der Waals surface area contributed by atoms with E-state index in [9.17, 15) is 0 Å². The van der Waals surface area contributed by atoms with Gasteiger partial charge in [0.05, 0.1) is 18.8 Å². The van der Waals surface area contributed by atoms with Gasteiger partial charge in [-0.15, -0.1) is 0 Å². The van der Waals surface area contributed by atoms with Crippen molar-refractivity contribution in [1.29, 1.82) is 0 Å². The normalized spacial score (nSPS) is 18.0. The maximum absolute atomic E-state index is 5.48. The number of ether oxygens (including phenoxy) is 1. The van der Waals surface area contributed by atoms with Crippen LogP contribution in [0.5, 0.6) is 0 Å². The largest absolute Gasteiger partial charge is 0.461 e. The average Bonchev–Trinajstić information content (AvgIpc) is 3.39. The molecule has 0 amide bonds. The van der Waals surface area contributed by atoms with Gasteiger partial charge in [-0.25, -0.2) is 9.97 Å². The first-order valence-electron chi connectivity index (χ1n) is 9.20. The summed E-state index contributed by atoms with van der Waals surface area (Å²) in [5, 5.41) is 4.06. The lowest BCUT2D eigenvalue weighted by Gasteiger charge is -2.30. The van der Waals surface area contributed by atoms with Crippen LogP contribution >= 0.6 is 0 Å². The van der Waals surface area contributed by atoms with Gasteiger partial charge in [-0.05, 0) is 31.5 Å². The fraction of sp³-hybridized carbons (Fsp3) is 0.474. The highest BCUT2D eigenvalue weighted by Crippen LogP contribution is 2.26. The SMILES string of the molecule is COCCc1noc(C2CCCN(Cc3cnc(-c4ccco4)nc3)C2)n1. The molecule has 0 saturated carbocycles. The van der Waals surface area contributed by atoms with Crippen LogP contribution in [0, 0.1) is 0 Å². The van der Waals surface area contributed by atoms with Gasteiger partial charge >= 0.3 is 0 Å². The van der Waals surface area contributed by atoms with Crippen molar-refractivity contribution < 1.29 is 13.7 Å². The fourth-order valence-corrected chi connectivity index (χ4v) is 3.36. The van der Waals surface area contributed by atoms with E-state index in [1.807, 2.05) is 24.5 Å². The van der Waals surface area contributed by atoms with Gasteiger partial charge in [0.15, 0.2) is 17.4 Å². The average molecular weight is 369 g/mol. The summed E-state index contributed by atoms with van der Waals surface area (Å²) in [5.74, 6) is 3.00. The summed E-state index contributed by atoms with van der Waals surface area (Å²) in [6.07, 6.45) is 8.20. The van der Waals surface area contributed by atoms with Gasteiger partial charge < -0.3 is 13.7 Å². The van der Waals surface area contributed by atoms with E-state index in [2.05, 4.69) is 25.0 Å². The molecule has 8 heteroatoms. The summed E-state index contributed by atoms with van der Waals surface area (Å²) in [6.45, 7) is 3.34. The van der Waals surface area contributed by atoms with Crippen LogP contribution in [0.25, 0.3) is 11.6 Å². The molecule has 27 heavy (non-hydrogen) atoms. The van der Waals surface area contributed by atoms with Gasteiger partial charge in [0.1, 0.15) is 0 Å². The van der Waals surface area contributed by atoms with Gasteiger partial charge in [-0.1, -0.05) is 5.16 Å². The molecule has 0 bridgehead atoms. The maximum atomic E-state index is 5.48. The first-order chi connectivity index (χ1) is 13.3. The van der Waals surface area contributed by atoms with Gasteiger partial charge in [-0.2, -0.15) is 4.98 Å². The number of methoxy groups -OCH3 is 1. The van der Waals surface area contributed by atoms with Gasteiger partial charge in [0.25, 0.3) is 0 Å². The lowest BCUT2D eigenvalue weighted by Crippen LogP contribution is -2.34. The molecule has 3 aromatic heterocycles. The van der Waals surface area contributed by atoms with E-state index in [-0.39, 0.29) is 5.92 Å². The van der Waals surface area contributed by atoms with Crippen molar-refractivity contribution in [2.24, 2.45) is 0 Å². The standard InChI is InChI=1S/C19H23N5O3/c1-25-9-6-17-22-19(27-23-17)15-4-2-7-24(13-15)12-14-10-20-18(21-11-14)16-5-3-8-26-16/h3,5,8,10-11,15H,2,4,6-7,9,12-13H2,1H3. The number of furan rings is 1. The van der Waals surface area contributed by atoms with E-state index in [1.54, 1.807) is 13.4 Å². The predicted molar refractivity (Wildman–Crippen MR) is 96.9 cm³/mol. The number of likely N-dealkylation sites (tertiary alicyclic amines) is 1. The minimum atomic E-state index is 0.269. The van der Waals surface area contributed by atoms with Crippen molar-refractivity contribution in [2.75, 3.05) is 26.8 Å². The third-order valence-corrected chi connectivity index (χ3v) is 4.72. The molecule has 3 aromatic rings. The molecule has 1 atom stereocenters. The number of aromatic nitrogens is 4. The smallest absolute Gasteiger partial charge is 0.231 e. The summed E-state index contributed by atoms with van der Waals surface area (Å²) >= 11 is 0. The van der Waals surface area contributed by atoms with E-state index >= 15 is 0 Å². The zero-order chi connectivity index (χ0) is 18.5. The summed E-state index contributed by atoms with van der Waals surface area (Å²) in [5.41, 5.74) is 1.08. The summed E-state index contributed by atoms with van der Waals surface area (Å²) < 4.78 is 15.9. The third kappa shape index (κ3) is 4.40. The molecule has 4 heterocycles. The van der Waals surface area contributed by atoms with E-state index < -0.39 is 0 Å². The highest BCUT2D eigenvalue weighted by molar-refractivity contribution is 5.45. The van der Waals surface area contributed by atoms with Crippen LogP contribution < -0.4 is 0 Å². The van der Waals surface area contributed by atoms with Crippen molar-refractivity contribution in [2.45, 2.75) is 31.7 Å². The Bertz CT molecular complexity index is 831. The second kappa shape index (κ2) is 8.41. The molecule has 1 fully saturated rings. The molecule has 0 radical (unpaired) electrons. The Balaban J connectivity index is 1.36. The molecule has 0 aromatic carbocycles. The molecule has 8 nitrogen and oxygen atoms in total. The van der Waals surface area contributed by atoms with Crippen molar-refractivity contribution in [3.8, 4) is 11.6 Å². The summed E-state index contributed by atoms with van der Waals surface area (Å²) in [4.78, 5) is 15.7. The minimum Gasteiger partial charge on any atom is -0.461 e. The lowest BCUT2D eigenvalue weighted by atomic mass is 9.97. The number of hydrogen-bond acceptors (Lipinski definition) is 8. The molecule has 1 saturated heterocycles. The zero-order valence-corrected chi connectivity index (χ0v) is 15.4. The Kier molecular flexibility index (Phi) is 5.55. The van der Waals surface area contributed by atoms with Crippen LogP contribution in [-0.2, 0) is 17.7 Å². The molecule has 0 N–H and O–H groups in total. The molecular formula is C19H23N5O3. The number of piperidine rings is 1. The van der Waals surface area contributed by atoms with Gasteiger partial charge in [0.2, 0.25) is 5.89 Å². The van der Waals surface area contributed by atoms with Crippen molar-refractivity contribution in [3.63, 3.8) is 0 Å². The lowest BCUT2D eigenvalue weighted by molar-refractivity contribution is 0.179. The fourth-order valence-electron chi connectivity index (χ4n) is 3.36. The first kappa shape index (κ1) is 17.8. The Hall–Kier alpha value is -2.58. The quantitative estimate of drug-likeness (QED) is 0.628. The molecule has 0 aliphatic carbocycles.